The highest BCUT2D eigenvalue weighted by Gasteiger charge is 2.33. The Morgan fingerprint density at radius 2 is 1.62 bits per heavy atom. The molecule has 160 valence electrons. The molecule has 5 nitrogen and oxygen atoms in total. The molecule has 0 N–H and O–H groups in total. The first-order chi connectivity index (χ1) is 13.6. The van der Waals surface area contributed by atoms with Crippen molar-refractivity contribution in [3.05, 3.63) is 34.9 Å². The van der Waals surface area contributed by atoms with Crippen molar-refractivity contribution in [2.75, 3.05) is 19.6 Å². The Kier molecular flexibility index (Phi) is 6.55. The second kappa shape index (κ2) is 8.76. The molecule has 2 amide bonds. The molecule has 0 saturated carbocycles. The number of carbonyl (C=O) groups is 2. The first-order valence-corrected chi connectivity index (χ1v) is 11.0. The molecule has 5 heteroatoms. The van der Waals surface area contributed by atoms with E-state index in [1.165, 1.54) is 16.7 Å². The average molecular weight is 401 g/mol. The molecule has 1 unspecified atom stereocenters. The van der Waals surface area contributed by atoms with Crippen LogP contribution in [0, 0.1) is 19.8 Å². The maximum Gasteiger partial charge on any atom is 0.410 e. The maximum absolute atomic E-state index is 13.1. The van der Waals surface area contributed by atoms with Gasteiger partial charge in [-0.3, -0.25) is 4.79 Å². The SMILES string of the molecule is Cc1cc(C)cc(C2CCCN2C(=O)CC2CCN(C(=O)OC(C)(C)C)CC2)c1. The van der Waals surface area contributed by atoms with E-state index < -0.39 is 5.60 Å². The van der Waals surface area contributed by atoms with Crippen LogP contribution >= 0.6 is 0 Å². The summed E-state index contributed by atoms with van der Waals surface area (Å²) in [7, 11) is 0. The van der Waals surface area contributed by atoms with Gasteiger partial charge in [0.2, 0.25) is 5.91 Å². The summed E-state index contributed by atoms with van der Waals surface area (Å²) in [6.45, 7) is 12.1. The van der Waals surface area contributed by atoms with Gasteiger partial charge < -0.3 is 14.5 Å². The summed E-state index contributed by atoms with van der Waals surface area (Å²) in [6, 6.07) is 6.84. The van der Waals surface area contributed by atoms with E-state index in [2.05, 4.69) is 36.9 Å². The number of piperidine rings is 1. The number of hydrogen-bond acceptors (Lipinski definition) is 3. The molecule has 0 radical (unpaired) electrons. The van der Waals surface area contributed by atoms with Crippen LogP contribution < -0.4 is 0 Å². The Hall–Kier alpha value is -2.04. The van der Waals surface area contributed by atoms with E-state index in [4.69, 9.17) is 4.74 Å². The average Bonchev–Trinajstić information content (AvgIpc) is 3.10. The molecular formula is C24H36N2O3. The van der Waals surface area contributed by atoms with Crippen LogP contribution in [0.15, 0.2) is 18.2 Å². The Bertz CT molecular complexity index is 725. The van der Waals surface area contributed by atoms with Gasteiger partial charge in [0.25, 0.3) is 0 Å². The smallest absolute Gasteiger partial charge is 0.410 e. The van der Waals surface area contributed by atoms with E-state index in [0.29, 0.717) is 25.4 Å². The van der Waals surface area contributed by atoms with Crippen molar-refractivity contribution < 1.29 is 14.3 Å². The monoisotopic (exact) mass is 400 g/mol. The lowest BCUT2D eigenvalue weighted by Gasteiger charge is -2.34. The summed E-state index contributed by atoms with van der Waals surface area (Å²) < 4.78 is 5.47. The lowest BCUT2D eigenvalue weighted by molar-refractivity contribution is -0.133. The first-order valence-electron chi connectivity index (χ1n) is 11.0. The molecule has 1 aromatic carbocycles. The molecule has 2 heterocycles. The molecule has 2 aliphatic heterocycles. The molecule has 3 rings (SSSR count). The van der Waals surface area contributed by atoms with Crippen LogP contribution in [0.2, 0.25) is 0 Å². The van der Waals surface area contributed by atoms with Crippen LogP contribution in [0.4, 0.5) is 4.79 Å². The van der Waals surface area contributed by atoms with Crippen molar-refractivity contribution in [3.63, 3.8) is 0 Å². The van der Waals surface area contributed by atoms with Gasteiger partial charge in [-0.1, -0.05) is 29.3 Å². The van der Waals surface area contributed by atoms with Crippen molar-refractivity contribution in [1.82, 2.24) is 9.80 Å². The van der Waals surface area contributed by atoms with Crippen molar-refractivity contribution in [1.29, 1.82) is 0 Å². The van der Waals surface area contributed by atoms with E-state index in [-0.39, 0.29) is 18.0 Å². The molecule has 0 spiro atoms. The van der Waals surface area contributed by atoms with Gasteiger partial charge in [-0.15, -0.1) is 0 Å². The van der Waals surface area contributed by atoms with E-state index in [9.17, 15) is 9.59 Å². The quantitative estimate of drug-likeness (QED) is 0.717. The minimum Gasteiger partial charge on any atom is -0.444 e. The molecule has 1 atom stereocenters. The number of rotatable bonds is 3. The summed E-state index contributed by atoms with van der Waals surface area (Å²) in [5, 5.41) is 0. The number of benzene rings is 1. The lowest BCUT2D eigenvalue weighted by atomic mass is 9.92. The molecule has 2 fully saturated rings. The fourth-order valence-corrected chi connectivity index (χ4v) is 4.62. The fourth-order valence-electron chi connectivity index (χ4n) is 4.62. The van der Waals surface area contributed by atoms with Crippen LogP contribution in [0.25, 0.3) is 0 Å². The Balaban J connectivity index is 1.55. The molecular weight excluding hydrogens is 364 g/mol. The van der Waals surface area contributed by atoms with Crippen LogP contribution in [0.3, 0.4) is 0 Å². The van der Waals surface area contributed by atoms with Gasteiger partial charge in [-0.05, 0) is 71.8 Å². The number of amides is 2. The fraction of sp³-hybridized carbons (Fsp3) is 0.667. The predicted molar refractivity (Wildman–Crippen MR) is 115 cm³/mol. The van der Waals surface area contributed by atoms with Crippen molar-refractivity contribution >= 4 is 12.0 Å². The topological polar surface area (TPSA) is 49.9 Å². The summed E-state index contributed by atoms with van der Waals surface area (Å²) in [5.41, 5.74) is 3.32. The van der Waals surface area contributed by atoms with Gasteiger partial charge in [-0.25, -0.2) is 4.79 Å². The first kappa shape index (κ1) is 21.7. The Morgan fingerprint density at radius 3 is 2.21 bits per heavy atom. The van der Waals surface area contributed by atoms with E-state index in [0.717, 1.165) is 32.2 Å². The van der Waals surface area contributed by atoms with Gasteiger partial charge in [0.1, 0.15) is 5.60 Å². The number of ether oxygens (including phenoxy) is 1. The number of nitrogens with zero attached hydrogens (tertiary/aromatic N) is 2. The normalized spacial score (nSPS) is 20.8. The summed E-state index contributed by atoms with van der Waals surface area (Å²) >= 11 is 0. The van der Waals surface area contributed by atoms with Crippen molar-refractivity contribution in [2.45, 2.75) is 78.4 Å². The van der Waals surface area contributed by atoms with Crippen LogP contribution in [0.5, 0.6) is 0 Å². The highest BCUT2D eigenvalue weighted by atomic mass is 16.6. The second-order valence-electron chi connectivity index (χ2n) is 9.78. The zero-order valence-electron chi connectivity index (χ0n) is 18.7. The highest BCUT2D eigenvalue weighted by Crippen LogP contribution is 2.34. The molecule has 0 bridgehead atoms. The van der Waals surface area contributed by atoms with Gasteiger partial charge >= 0.3 is 6.09 Å². The van der Waals surface area contributed by atoms with Gasteiger partial charge in [0, 0.05) is 26.1 Å². The number of aryl methyl sites for hydroxylation is 2. The third kappa shape index (κ3) is 5.74. The zero-order chi connectivity index (χ0) is 21.2. The largest absolute Gasteiger partial charge is 0.444 e. The molecule has 0 aromatic heterocycles. The van der Waals surface area contributed by atoms with Gasteiger partial charge in [0.05, 0.1) is 6.04 Å². The molecule has 2 aliphatic rings. The predicted octanol–water partition coefficient (Wildman–Crippen LogP) is 5.00. The van der Waals surface area contributed by atoms with Crippen LogP contribution in [-0.4, -0.2) is 47.0 Å². The summed E-state index contributed by atoms with van der Waals surface area (Å²) in [6.07, 6.45) is 4.20. The van der Waals surface area contributed by atoms with E-state index in [1.54, 1.807) is 4.90 Å². The van der Waals surface area contributed by atoms with Crippen LogP contribution in [0.1, 0.15) is 75.6 Å². The number of hydrogen-bond donors (Lipinski definition) is 0. The standard InChI is InChI=1S/C24H36N2O3/c1-17-13-18(2)15-20(14-17)21-7-6-10-26(21)22(27)16-19-8-11-25(12-9-19)23(28)29-24(3,4)5/h13-15,19,21H,6-12,16H2,1-5H3. The van der Waals surface area contributed by atoms with Crippen molar-refractivity contribution in [2.24, 2.45) is 5.92 Å². The van der Waals surface area contributed by atoms with Crippen LogP contribution in [-0.2, 0) is 9.53 Å². The van der Waals surface area contributed by atoms with Gasteiger partial charge in [-0.2, -0.15) is 0 Å². The van der Waals surface area contributed by atoms with E-state index >= 15 is 0 Å². The lowest BCUT2D eigenvalue weighted by Crippen LogP contribution is -2.42. The minimum atomic E-state index is -0.469. The molecule has 1 aromatic rings. The van der Waals surface area contributed by atoms with Gasteiger partial charge in [0.15, 0.2) is 0 Å². The Morgan fingerprint density at radius 1 is 1.00 bits per heavy atom. The zero-order valence-corrected chi connectivity index (χ0v) is 18.7. The summed E-state index contributed by atoms with van der Waals surface area (Å²) in [4.78, 5) is 29.2. The second-order valence-corrected chi connectivity index (χ2v) is 9.78. The number of carbonyl (C=O) groups excluding carboxylic acids is 2. The molecule has 2 saturated heterocycles. The third-order valence-corrected chi connectivity index (χ3v) is 5.93. The summed E-state index contributed by atoms with van der Waals surface area (Å²) in [5.74, 6) is 0.615. The highest BCUT2D eigenvalue weighted by molar-refractivity contribution is 5.77. The molecule has 0 aliphatic carbocycles. The molecule has 29 heavy (non-hydrogen) atoms. The Labute approximate surface area is 175 Å². The van der Waals surface area contributed by atoms with E-state index in [1.807, 2.05) is 20.8 Å². The minimum absolute atomic E-state index is 0.211. The third-order valence-electron chi connectivity index (χ3n) is 5.93. The van der Waals surface area contributed by atoms with Crippen molar-refractivity contribution in [3.8, 4) is 0 Å². The maximum atomic E-state index is 13.1. The number of likely N-dealkylation sites (tertiary alicyclic amines) is 2.